The molecule has 0 bridgehead atoms. The van der Waals surface area contributed by atoms with Crippen molar-refractivity contribution in [3.63, 3.8) is 0 Å². The third-order valence-electron chi connectivity index (χ3n) is 3.34. The number of hydrogen-bond acceptors (Lipinski definition) is 6. The van der Waals surface area contributed by atoms with Crippen LogP contribution in [0.1, 0.15) is 13.8 Å². The van der Waals surface area contributed by atoms with E-state index >= 15 is 0 Å². The zero-order valence-corrected chi connectivity index (χ0v) is 16.2. The van der Waals surface area contributed by atoms with Crippen LogP contribution in [0.4, 0.5) is 0 Å². The Bertz CT molecular complexity index is 390. The molecule has 0 saturated heterocycles. The number of benzene rings is 1. The van der Waals surface area contributed by atoms with Crippen LogP contribution in [-0.4, -0.2) is 59.3 Å². The standard InChI is InChI=1S/C14H26O6Si2/c1-7-19-21(15-3,16-4)13-9-11-14(12-10-13)22(17-5,18-6)20-8-2/h9-12H,7-8H2,1-6H3. The molecule has 0 N–H and O–H groups in total. The van der Waals surface area contributed by atoms with Gasteiger partial charge in [0.05, 0.1) is 0 Å². The smallest absolute Gasteiger partial charge is 0.373 e. The first-order valence-corrected chi connectivity index (χ1v) is 10.6. The fourth-order valence-corrected chi connectivity index (χ4v) is 6.29. The van der Waals surface area contributed by atoms with Crippen molar-refractivity contribution in [2.75, 3.05) is 41.7 Å². The molecule has 0 heterocycles. The molecule has 1 aromatic carbocycles. The number of hydrogen-bond donors (Lipinski definition) is 0. The predicted octanol–water partition coefficient (Wildman–Crippen LogP) is 0.637. The lowest BCUT2D eigenvalue weighted by Crippen LogP contribution is -2.58. The summed E-state index contributed by atoms with van der Waals surface area (Å²) < 4.78 is 33.7. The number of rotatable bonds is 10. The predicted molar refractivity (Wildman–Crippen MR) is 88.5 cm³/mol. The highest BCUT2D eigenvalue weighted by Gasteiger charge is 2.44. The summed E-state index contributed by atoms with van der Waals surface area (Å²) in [5, 5.41) is 1.77. The Kier molecular flexibility index (Phi) is 7.87. The summed E-state index contributed by atoms with van der Waals surface area (Å²) in [6.45, 7) is 4.86. The van der Waals surface area contributed by atoms with Crippen molar-refractivity contribution in [3.8, 4) is 0 Å². The molecule has 0 amide bonds. The van der Waals surface area contributed by atoms with Crippen LogP contribution in [0.25, 0.3) is 0 Å². The molecule has 0 fully saturated rings. The third kappa shape index (κ3) is 3.84. The summed E-state index contributed by atoms with van der Waals surface area (Å²) in [5.41, 5.74) is 0. The molecule has 0 radical (unpaired) electrons. The fraction of sp³-hybridized carbons (Fsp3) is 0.571. The van der Waals surface area contributed by atoms with Gasteiger partial charge in [0.15, 0.2) is 0 Å². The average Bonchev–Trinajstić information content (AvgIpc) is 2.58. The topological polar surface area (TPSA) is 55.4 Å². The van der Waals surface area contributed by atoms with Gasteiger partial charge in [0.25, 0.3) is 0 Å². The van der Waals surface area contributed by atoms with Crippen molar-refractivity contribution >= 4 is 28.0 Å². The van der Waals surface area contributed by atoms with E-state index in [1.165, 1.54) is 0 Å². The van der Waals surface area contributed by atoms with Crippen LogP contribution in [0.5, 0.6) is 0 Å². The first-order valence-electron chi connectivity index (χ1n) is 7.17. The van der Waals surface area contributed by atoms with E-state index in [0.29, 0.717) is 13.2 Å². The van der Waals surface area contributed by atoms with Crippen LogP contribution in [0.15, 0.2) is 24.3 Å². The average molecular weight is 347 g/mol. The van der Waals surface area contributed by atoms with E-state index in [4.69, 9.17) is 26.6 Å². The van der Waals surface area contributed by atoms with Crippen LogP contribution < -0.4 is 10.4 Å². The van der Waals surface area contributed by atoms with Gasteiger partial charge in [-0.3, -0.25) is 0 Å². The molecule has 6 nitrogen and oxygen atoms in total. The molecular formula is C14H26O6Si2. The van der Waals surface area contributed by atoms with Crippen LogP contribution in [0.2, 0.25) is 0 Å². The molecule has 22 heavy (non-hydrogen) atoms. The van der Waals surface area contributed by atoms with Gasteiger partial charge in [0.1, 0.15) is 0 Å². The Balaban J connectivity index is 3.17. The Hall–Kier alpha value is -0.586. The Morgan fingerprint density at radius 1 is 0.636 bits per heavy atom. The highest BCUT2D eigenvalue weighted by Crippen LogP contribution is 2.11. The molecule has 1 aromatic rings. The maximum Gasteiger partial charge on any atom is 0.536 e. The molecule has 8 heteroatoms. The highest BCUT2D eigenvalue weighted by molar-refractivity contribution is 6.77. The van der Waals surface area contributed by atoms with E-state index in [9.17, 15) is 0 Å². The second-order valence-corrected chi connectivity index (χ2v) is 9.96. The van der Waals surface area contributed by atoms with Crippen molar-refractivity contribution in [3.05, 3.63) is 24.3 Å². The highest BCUT2D eigenvalue weighted by atomic mass is 28.4. The van der Waals surface area contributed by atoms with Crippen molar-refractivity contribution in [2.45, 2.75) is 13.8 Å². The van der Waals surface area contributed by atoms with Crippen LogP contribution in [0, 0.1) is 0 Å². The zero-order valence-electron chi connectivity index (χ0n) is 14.2. The Labute approximate surface area is 135 Å². The second-order valence-electron chi connectivity index (χ2n) is 4.37. The molecule has 0 saturated carbocycles. The fourth-order valence-electron chi connectivity index (χ4n) is 2.30. The normalized spacial score (nSPS) is 12.6. The Morgan fingerprint density at radius 2 is 0.909 bits per heavy atom. The van der Waals surface area contributed by atoms with Crippen molar-refractivity contribution in [1.82, 2.24) is 0 Å². The maximum absolute atomic E-state index is 5.75. The minimum atomic E-state index is -2.85. The van der Waals surface area contributed by atoms with Gasteiger partial charge >= 0.3 is 17.6 Å². The lowest BCUT2D eigenvalue weighted by molar-refractivity contribution is 0.118. The van der Waals surface area contributed by atoms with E-state index in [-0.39, 0.29) is 0 Å². The maximum atomic E-state index is 5.75. The van der Waals surface area contributed by atoms with Gasteiger partial charge < -0.3 is 26.6 Å². The first kappa shape index (κ1) is 19.5. The molecule has 0 aromatic heterocycles. The van der Waals surface area contributed by atoms with Gasteiger partial charge in [-0.15, -0.1) is 0 Å². The summed E-state index contributed by atoms with van der Waals surface area (Å²) in [6.07, 6.45) is 0. The van der Waals surface area contributed by atoms with Crippen molar-refractivity contribution in [1.29, 1.82) is 0 Å². The van der Waals surface area contributed by atoms with E-state index < -0.39 is 17.6 Å². The van der Waals surface area contributed by atoms with Crippen LogP contribution in [0.3, 0.4) is 0 Å². The largest absolute Gasteiger partial charge is 0.536 e. The van der Waals surface area contributed by atoms with Crippen molar-refractivity contribution < 1.29 is 26.6 Å². The minimum Gasteiger partial charge on any atom is -0.373 e. The summed E-state index contributed by atoms with van der Waals surface area (Å²) in [6, 6.07) is 7.68. The van der Waals surface area contributed by atoms with Gasteiger partial charge in [0.2, 0.25) is 0 Å². The lowest BCUT2D eigenvalue weighted by atomic mass is 10.4. The second kappa shape index (κ2) is 8.89. The molecule has 0 aliphatic carbocycles. The molecular weight excluding hydrogens is 320 g/mol. The Morgan fingerprint density at radius 3 is 1.09 bits per heavy atom. The first-order chi connectivity index (χ1) is 10.6. The summed E-state index contributed by atoms with van der Waals surface area (Å²) >= 11 is 0. The summed E-state index contributed by atoms with van der Waals surface area (Å²) in [7, 11) is 0.705. The van der Waals surface area contributed by atoms with Crippen molar-refractivity contribution in [2.24, 2.45) is 0 Å². The molecule has 0 aliphatic rings. The molecule has 0 unspecified atom stereocenters. The van der Waals surface area contributed by atoms with E-state index in [2.05, 4.69) is 0 Å². The molecule has 0 aliphatic heterocycles. The van der Waals surface area contributed by atoms with E-state index in [1.807, 2.05) is 38.1 Å². The van der Waals surface area contributed by atoms with Crippen LogP contribution in [-0.2, 0) is 26.6 Å². The lowest BCUT2D eigenvalue weighted by Gasteiger charge is -2.28. The molecule has 126 valence electrons. The van der Waals surface area contributed by atoms with Gasteiger partial charge in [0, 0.05) is 52.0 Å². The van der Waals surface area contributed by atoms with Gasteiger partial charge in [-0.1, -0.05) is 24.3 Å². The van der Waals surface area contributed by atoms with Crippen LogP contribution >= 0.6 is 0 Å². The van der Waals surface area contributed by atoms with Gasteiger partial charge in [-0.05, 0) is 13.8 Å². The zero-order chi connectivity index (χ0) is 16.6. The molecule has 1 rings (SSSR count). The summed E-state index contributed by atoms with van der Waals surface area (Å²) in [5.74, 6) is 0. The minimum absolute atomic E-state index is 0.517. The quantitative estimate of drug-likeness (QED) is 0.580. The van der Waals surface area contributed by atoms with Gasteiger partial charge in [-0.25, -0.2) is 0 Å². The summed E-state index contributed by atoms with van der Waals surface area (Å²) in [4.78, 5) is 0. The third-order valence-corrected chi connectivity index (χ3v) is 8.90. The monoisotopic (exact) mass is 346 g/mol. The molecule has 0 spiro atoms. The molecule has 0 atom stereocenters. The van der Waals surface area contributed by atoms with Gasteiger partial charge in [-0.2, -0.15) is 0 Å². The SMILES string of the molecule is CCO[Si](OC)(OC)c1ccc([Si](OC)(OC)OCC)cc1. The van der Waals surface area contributed by atoms with E-state index in [1.54, 1.807) is 28.4 Å². The van der Waals surface area contributed by atoms with E-state index in [0.717, 1.165) is 10.4 Å².